The number of hydrogen-bond donors (Lipinski definition) is 1. The molecule has 4 heteroatoms. The Morgan fingerprint density at radius 2 is 2.06 bits per heavy atom. The van der Waals surface area contributed by atoms with Crippen LogP contribution in [0.15, 0.2) is 30.3 Å². The highest BCUT2D eigenvalue weighted by Gasteiger charge is 2.15. The quantitative estimate of drug-likeness (QED) is 0.656. The second-order valence-electron chi connectivity index (χ2n) is 3.45. The number of ketones is 1. The molecule has 0 bridgehead atoms. The number of carbonyl (C=O) groups excluding carboxylic acids is 1. The summed E-state index contributed by atoms with van der Waals surface area (Å²) < 4.78 is 0. The predicted octanol–water partition coefficient (Wildman–Crippen LogP) is 3.52. The van der Waals surface area contributed by atoms with Gasteiger partial charge in [0.05, 0.1) is 15.6 Å². The average molecular weight is 252 g/mol. The number of rotatable bonds is 2. The van der Waals surface area contributed by atoms with Gasteiger partial charge in [0, 0.05) is 10.4 Å². The third-order valence-corrected chi connectivity index (χ3v) is 3.66. The molecule has 0 radical (unpaired) electrons. The minimum atomic E-state index is -0.0737. The molecule has 0 unspecified atom stereocenters. The third kappa shape index (κ3) is 1.96. The van der Waals surface area contributed by atoms with Crippen LogP contribution in [0.1, 0.15) is 20.1 Å². The summed E-state index contributed by atoms with van der Waals surface area (Å²) in [6.45, 7) is 1.96. The number of nitrogens with two attached hydrogens (primary N) is 1. The van der Waals surface area contributed by atoms with Gasteiger partial charge in [-0.15, -0.1) is 11.3 Å². The Bertz CT molecular complexity index is 548. The SMILES string of the molecule is Cc1ccc(C(=O)c2cccc(N)c2Cl)s1. The van der Waals surface area contributed by atoms with E-state index in [1.165, 1.54) is 11.3 Å². The largest absolute Gasteiger partial charge is 0.398 e. The molecule has 1 aromatic carbocycles. The number of carbonyl (C=O) groups is 1. The van der Waals surface area contributed by atoms with Crippen LogP contribution in [0.25, 0.3) is 0 Å². The molecule has 0 saturated heterocycles. The van der Waals surface area contributed by atoms with E-state index in [1.807, 2.05) is 19.1 Å². The summed E-state index contributed by atoms with van der Waals surface area (Å²) in [5.74, 6) is -0.0737. The molecule has 16 heavy (non-hydrogen) atoms. The van der Waals surface area contributed by atoms with E-state index in [0.717, 1.165) is 4.88 Å². The second kappa shape index (κ2) is 4.28. The van der Waals surface area contributed by atoms with Gasteiger partial charge >= 0.3 is 0 Å². The van der Waals surface area contributed by atoms with Crippen LogP contribution in [0.2, 0.25) is 5.02 Å². The van der Waals surface area contributed by atoms with Crippen molar-refractivity contribution < 1.29 is 4.79 Å². The number of thiophene rings is 1. The van der Waals surface area contributed by atoms with Crippen molar-refractivity contribution in [2.45, 2.75) is 6.92 Å². The molecule has 0 spiro atoms. The van der Waals surface area contributed by atoms with E-state index in [9.17, 15) is 4.79 Å². The number of hydrogen-bond acceptors (Lipinski definition) is 3. The van der Waals surface area contributed by atoms with Crippen LogP contribution in [-0.2, 0) is 0 Å². The fourth-order valence-electron chi connectivity index (χ4n) is 1.41. The van der Waals surface area contributed by atoms with Crippen LogP contribution in [-0.4, -0.2) is 5.78 Å². The van der Waals surface area contributed by atoms with Crippen molar-refractivity contribution in [2.24, 2.45) is 0 Å². The van der Waals surface area contributed by atoms with E-state index in [1.54, 1.807) is 18.2 Å². The Hall–Kier alpha value is -1.32. The fourth-order valence-corrected chi connectivity index (χ4v) is 2.45. The highest BCUT2D eigenvalue weighted by atomic mass is 35.5. The first-order valence-electron chi connectivity index (χ1n) is 4.74. The Balaban J connectivity index is 2.45. The van der Waals surface area contributed by atoms with Crippen molar-refractivity contribution in [3.8, 4) is 0 Å². The van der Waals surface area contributed by atoms with Gasteiger partial charge in [-0.05, 0) is 31.2 Å². The van der Waals surface area contributed by atoms with Crippen molar-refractivity contribution >= 4 is 34.4 Å². The fraction of sp³-hybridized carbons (Fsp3) is 0.0833. The predicted molar refractivity (Wildman–Crippen MR) is 68.4 cm³/mol. The normalized spacial score (nSPS) is 10.4. The minimum absolute atomic E-state index is 0.0737. The third-order valence-electron chi connectivity index (χ3n) is 2.24. The van der Waals surface area contributed by atoms with Gasteiger partial charge in [-0.1, -0.05) is 17.7 Å². The minimum Gasteiger partial charge on any atom is -0.398 e. The number of aryl methyl sites for hydroxylation is 1. The number of nitrogen functional groups attached to an aromatic ring is 1. The van der Waals surface area contributed by atoms with E-state index >= 15 is 0 Å². The summed E-state index contributed by atoms with van der Waals surface area (Å²) in [5.41, 5.74) is 6.55. The van der Waals surface area contributed by atoms with Crippen LogP contribution < -0.4 is 5.73 Å². The number of halogens is 1. The first kappa shape index (κ1) is 11.2. The van der Waals surface area contributed by atoms with Gasteiger partial charge in [-0.25, -0.2) is 0 Å². The highest BCUT2D eigenvalue weighted by molar-refractivity contribution is 7.14. The molecule has 0 amide bonds. The smallest absolute Gasteiger partial charge is 0.204 e. The molecule has 0 atom stereocenters. The van der Waals surface area contributed by atoms with Crippen LogP contribution in [0.5, 0.6) is 0 Å². The molecule has 1 aromatic heterocycles. The van der Waals surface area contributed by atoms with E-state index in [0.29, 0.717) is 21.2 Å². The lowest BCUT2D eigenvalue weighted by molar-refractivity contribution is 0.104. The Morgan fingerprint density at radius 1 is 1.31 bits per heavy atom. The summed E-state index contributed by atoms with van der Waals surface area (Å²) in [4.78, 5) is 13.9. The van der Waals surface area contributed by atoms with Crippen LogP contribution in [0.3, 0.4) is 0 Å². The van der Waals surface area contributed by atoms with Crippen LogP contribution in [0, 0.1) is 6.92 Å². The number of benzene rings is 1. The Labute approximate surface area is 103 Å². The molecule has 0 aliphatic heterocycles. The average Bonchev–Trinajstić information content (AvgIpc) is 2.68. The summed E-state index contributed by atoms with van der Waals surface area (Å²) in [6, 6.07) is 8.82. The monoisotopic (exact) mass is 251 g/mol. The van der Waals surface area contributed by atoms with Crippen molar-refractivity contribution in [3.05, 3.63) is 50.7 Å². The molecular formula is C12H10ClNOS. The zero-order valence-corrected chi connectivity index (χ0v) is 10.2. The van der Waals surface area contributed by atoms with Gasteiger partial charge in [0.1, 0.15) is 0 Å². The summed E-state index contributed by atoms with van der Waals surface area (Å²) >= 11 is 7.46. The summed E-state index contributed by atoms with van der Waals surface area (Å²) in [6.07, 6.45) is 0. The van der Waals surface area contributed by atoms with Gasteiger partial charge in [-0.3, -0.25) is 4.79 Å². The Kier molecular flexibility index (Phi) is 2.99. The van der Waals surface area contributed by atoms with Crippen molar-refractivity contribution in [3.63, 3.8) is 0 Å². The van der Waals surface area contributed by atoms with Crippen molar-refractivity contribution in [2.75, 3.05) is 5.73 Å². The van der Waals surface area contributed by atoms with Crippen LogP contribution in [0.4, 0.5) is 5.69 Å². The van der Waals surface area contributed by atoms with E-state index in [4.69, 9.17) is 17.3 Å². The second-order valence-corrected chi connectivity index (χ2v) is 5.11. The maximum absolute atomic E-state index is 12.1. The van der Waals surface area contributed by atoms with Gasteiger partial charge in [-0.2, -0.15) is 0 Å². The molecule has 82 valence electrons. The van der Waals surface area contributed by atoms with Gasteiger partial charge < -0.3 is 5.73 Å². The van der Waals surface area contributed by atoms with E-state index in [2.05, 4.69) is 0 Å². The zero-order valence-electron chi connectivity index (χ0n) is 8.66. The molecule has 0 aliphatic rings. The molecule has 2 rings (SSSR count). The topological polar surface area (TPSA) is 43.1 Å². The summed E-state index contributed by atoms with van der Waals surface area (Å²) in [5, 5.41) is 0.332. The van der Waals surface area contributed by atoms with Crippen molar-refractivity contribution in [1.29, 1.82) is 0 Å². The standard InChI is InChI=1S/C12H10ClNOS/c1-7-5-6-10(16-7)12(15)8-3-2-4-9(14)11(8)13/h2-6H,14H2,1H3. The first-order valence-corrected chi connectivity index (χ1v) is 5.94. The molecule has 0 aliphatic carbocycles. The molecule has 2 nitrogen and oxygen atoms in total. The van der Waals surface area contributed by atoms with Gasteiger partial charge in [0.2, 0.25) is 5.78 Å². The first-order chi connectivity index (χ1) is 7.59. The molecule has 1 heterocycles. The van der Waals surface area contributed by atoms with Crippen LogP contribution >= 0.6 is 22.9 Å². The van der Waals surface area contributed by atoms with Gasteiger partial charge in [0.25, 0.3) is 0 Å². The highest BCUT2D eigenvalue weighted by Crippen LogP contribution is 2.27. The van der Waals surface area contributed by atoms with E-state index < -0.39 is 0 Å². The maximum atomic E-state index is 12.1. The molecule has 0 fully saturated rings. The maximum Gasteiger partial charge on any atom is 0.204 e. The van der Waals surface area contributed by atoms with E-state index in [-0.39, 0.29) is 5.78 Å². The Morgan fingerprint density at radius 3 is 2.69 bits per heavy atom. The summed E-state index contributed by atoms with van der Waals surface area (Å²) in [7, 11) is 0. The van der Waals surface area contributed by atoms with Crippen molar-refractivity contribution in [1.82, 2.24) is 0 Å². The van der Waals surface area contributed by atoms with Gasteiger partial charge in [0.15, 0.2) is 0 Å². The molecule has 2 N–H and O–H groups in total. The number of anilines is 1. The lowest BCUT2D eigenvalue weighted by Crippen LogP contribution is -2.01. The molecule has 0 saturated carbocycles. The zero-order chi connectivity index (χ0) is 11.7. The molecule has 2 aromatic rings. The lowest BCUT2D eigenvalue weighted by Gasteiger charge is -2.03. The molecular weight excluding hydrogens is 242 g/mol. The lowest BCUT2D eigenvalue weighted by atomic mass is 10.1.